The highest BCUT2D eigenvalue weighted by atomic mass is 79.9. The lowest BCUT2D eigenvalue weighted by Gasteiger charge is -2.14. The molecule has 0 saturated carbocycles. The van der Waals surface area contributed by atoms with Crippen LogP contribution in [0.4, 0.5) is 0 Å². The van der Waals surface area contributed by atoms with Crippen LogP contribution in [0.15, 0.2) is 40.9 Å². The molecule has 19 heavy (non-hydrogen) atoms. The fourth-order valence-corrected chi connectivity index (χ4v) is 2.72. The number of halogens is 2. The molecule has 1 nitrogen and oxygen atoms in total. The summed E-state index contributed by atoms with van der Waals surface area (Å²) in [5.74, 6) is 0. The van der Waals surface area contributed by atoms with Crippen LogP contribution in [0.3, 0.4) is 0 Å². The SMILES string of the molecule is Cc1ccc(CC(N)c2ccc(C)c(Br)c2)c(Cl)c1. The molecule has 0 radical (unpaired) electrons. The molecule has 2 N–H and O–H groups in total. The second kappa shape index (κ2) is 6.08. The molecule has 1 atom stereocenters. The Morgan fingerprint density at radius 1 is 1.16 bits per heavy atom. The van der Waals surface area contributed by atoms with E-state index >= 15 is 0 Å². The van der Waals surface area contributed by atoms with Gasteiger partial charge in [0.25, 0.3) is 0 Å². The van der Waals surface area contributed by atoms with Crippen LogP contribution in [-0.4, -0.2) is 0 Å². The minimum atomic E-state index is -0.0443. The minimum Gasteiger partial charge on any atom is -0.324 e. The quantitative estimate of drug-likeness (QED) is 0.841. The second-order valence-electron chi connectivity index (χ2n) is 4.91. The van der Waals surface area contributed by atoms with Crippen molar-refractivity contribution in [2.75, 3.05) is 0 Å². The maximum absolute atomic E-state index is 6.27. The van der Waals surface area contributed by atoms with E-state index in [4.69, 9.17) is 17.3 Å². The summed E-state index contributed by atoms with van der Waals surface area (Å²) >= 11 is 9.79. The van der Waals surface area contributed by atoms with E-state index in [1.54, 1.807) is 0 Å². The Balaban J connectivity index is 2.20. The molecule has 0 fully saturated rings. The van der Waals surface area contributed by atoms with Gasteiger partial charge in [-0.1, -0.05) is 51.8 Å². The van der Waals surface area contributed by atoms with Crippen LogP contribution in [0.5, 0.6) is 0 Å². The van der Waals surface area contributed by atoms with Crippen molar-refractivity contribution in [2.24, 2.45) is 5.73 Å². The highest BCUT2D eigenvalue weighted by molar-refractivity contribution is 9.10. The Morgan fingerprint density at radius 3 is 2.53 bits per heavy atom. The van der Waals surface area contributed by atoms with E-state index in [9.17, 15) is 0 Å². The zero-order valence-electron chi connectivity index (χ0n) is 11.1. The first-order valence-corrected chi connectivity index (χ1v) is 7.41. The first-order valence-electron chi connectivity index (χ1n) is 6.24. The average Bonchev–Trinajstić information content (AvgIpc) is 2.36. The Hall–Kier alpha value is -0.830. The highest BCUT2D eigenvalue weighted by Crippen LogP contribution is 2.26. The molecule has 0 aliphatic heterocycles. The zero-order chi connectivity index (χ0) is 14.0. The van der Waals surface area contributed by atoms with E-state index < -0.39 is 0 Å². The van der Waals surface area contributed by atoms with E-state index in [0.29, 0.717) is 0 Å². The van der Waals surface area contributed by atoms with Crippen molar-refractivity contribution in [1.29, 1.82) is 0 Å². The maximum atomic E-state index is 6.27. The van der Waals surface area contributed by atoms with Crippen LogP contribution in [0.25, 0.3) is 0 Å². The monoisotopic (exact) mass is 337 g/mol. The van der Waals surface area contributed by atoms with Crippen molar-refractivity contribution in [3.63, 3.8) is 0 Å². The summed E-state index contributed by atoms with van der Waals surface area (Å²) in [5, 5.41) is 0.793. The molecule has 0 bridgehead atoms. The summed E-state index contributed by atoms with van der Waals surface area (Å²) in [6.07, 6.45) is 0.745. The number of hydrogen-bond acceptors (Lipinski definition) is 1. The van der Waals surface area contributed by atoms with Crippen molar-refractivity contribution in [2.45, 2.75) is 26.3 Å². The van der Waals surface area contributed by atoms with Gasteiger partial charge in [0.2, 0.25) is 0 Å². The summed E-state index contributed by atoms with van der Waals surface area (Å²) < 4.78 is 1.09. The summed E-state index contributed by atoms with van der Waals surface area (Å²) in [5.41, 5.74) is 10.9. The van der Waals surface area contributed by atoms with Crippen LogP contribution in [0, 0.1) is 13.8 Å². The summed E-state index contributed by atoms with van der Waals surface area (Å²) in [6.45, 7) is 4.10. The molecular weight excluding hydrogens is 322 g/mol. The first-order chi connectivity index (χ1) is 8.97. The third kappa shape index (κ3) is 3.59. The van der Waals surface area contributed by atoms with Crippen molar-refractivity contribution in [3.8, 4) is 0 Å². The lowest BCUT2D eigenvalue weighted by Crippen LogP contribution is -2.13. The summed E-state index contributed by atoms with van der Waals surface area (Å²) in [6, 6.07) is 12.3. The Kier molecular flexibility index (Phi) is 4.67. The highest BCUT2D eigenvalue weighted by Gasteiger charge is 2.10. The predicted octanol–water partition coefficient (Wildman–Crippen LogP) is 4.96. The molecule has 1 unspecified atom stereocenters. The molecule has 0 aromatic heterocycles. The lowest BCUT2D eigenvalue weighted by atomic mass is 9.98. The van der Waals surface area contributed by atoms with E-state index in [1.165, 1.54) is 11.1 Å². The van der Waals surface area contributed by atoms with Crippen LogP contribution >= 0.6 is 27.5 Å². The Bertz CT molecular complexity index is 595. The smallest absolute Gasteiger partial charge is 0.0441 e. The molecule has 0 aliphatic rings. The van der Waals surface area contributed by atoms with Crippen LogP contribution < -0.4 is 5.73 Å². The molecule has 0 spiro atoms. The number of rotatable bonds is 3. The fourth-order valence-electron chi connectivity index (χ4n) is 2.01. The average molecular weight is 339 g/mol. The van der Waals surface area contributed by atoms with Gasteiger partial charge in [-0.3, -0.25) is 0 Å². The predicted molar refractivity (Wildman–Crippen MR) is 85.7 cm³/mol. The fraction of sp³-hybridized carbons (Fsp3) is 0.250. The summed E-state index contributed by atoms with van der Waals surface area (Å²) in [4.78, 5) is 0. The molecule has 0 saturated heterocycles. The number of nitrogens with two attached hydrogens (primary N) is 1. The second-order valence-corrected chi connectivity index (χ2v) is 6.18. The summed E-state index contributed by atoms with van der Waals surface area (Å²) in [7, 11) is 0. The molecule has 2 aromatic carbocycles. The van der Waals surface area contributed by atoms with Gasteiger partial charge in [0.05, 0.1) is 0 Å². The van der Waals surface area contributed by atoms with Gasteiger partial charge in [-0.15, -0.1) is 0 Å². The molecule has 2 rings (SSSR count). The van der Waals surface area contributed by atoms with Gasteiger partial charge >= 0.3 is 0 Å². The van der Waals surface area contributed by atoms with Crippen LogP contribution in [0.2, 0.25) is 5.02 Å². The molecule has 0 aliphatic carbocycles. The topological polar surface area (TPSA) is 26.0 Å². The Morgan fingerprint density at radius 2 is 1.89 bits per heavy atom. The molecular formula is C16H17BrClN. The van der Waals surface area contributed by atoms with Crippen molar-refractivity contribution in [3.05, 3.63) is 68.1 Å². The Labute approximate surface area is 127 Å². The largest absolute Gasteiger partial charge is 0.324 e. The first kappa shape index (κ1) is 14.6. The van der Waals surface area contributed by atoms with Gasteiger partial charge in [-0.2, -0.15) is 0 Å². The van der Waals surface area contributed by atoms with E-state index in [1.807, 2.05) is 13.0 Å². The maximum Gasteiger partial charge on any atom is 0.0441 e. The zero-order valence-corrected chi connectivity index (χ0v) is 13.4. The number of hydrogen-bond donors (Lipinski definition) is 1. The standard InChI is InChI=1S/C16H17BrClN/c1-10-3-5-12(15(18)7-10)9-16(19)13-6-4-11(2)14(17)8-13/h3-8,16H,9,19H2,1-2H3. The third-order valence-corrected chi connectivity index (χ3v) is 4.48. The van der Waals surface area contributed by atoms with E-state index in [2.05, 4.69) is 53.2 Å². The lowest BCUT2D eigenvalue weighted by molar-refractivity contribution is 0.721. The molecule has 3 heteroatoms. The van der Waals surface area contributed by atoms with Gasteiger partial charge in [0.1, 0.15) is 0 Å². The van der Waals surface area contributed by atoms with Gasteiger partial charge < -0.3 is 5.73 Å². The van der Waals surface area contributed by atoms with Crippen LogP contribution in [-0.2, 0) is 6.42 Å². The number of benzene rings is 2. The van der Waals surface area contributed by atoms with Gasteiger partial charge in [0.15, 0.2) is 0 Å². The minimum absolute atomic E-state index is 0.0443. The van der Waals surface area contributed by atoms with Crippen molar-refractivity contribution < 1.29 is 0 Å². The molecule has 100 valence electrons. The normalized spacial score (nSPS) is 12.5. The van der Waals surface area contributed by atoms with Gasteiger partial charge in [-0.25, -0.2) is 0 Å². The molecule has 0 amide bonds. The van der Waals surface area contributed by atoms with Crippen LogP contribution in [0.1, 0.15) is 28.3 Å². The van der Waals surface area contributed by atoms with Crippen molar-refractivity contribution >= 4 is 27.5 Å². The number of aryl methyl sites for hydroxylation is 2. The molecule has 0 heterocycles. The third-order valence-electron chi connectivity index (χ3n) is 3.27. The van der Waals surface area contributed by atoms with E-state index in [0.717, 1.165) is 27.0 Å². The van der Waals surface area contributed by atoms with Crippen molar-refractivity contribution in [1.82, 2.24) is 0 Å². The van der Waals surface area contributed by atoms with E-state index in [-0.39, 0.29) is 6.04 Å². The van der Waals surface area contributed by atoms with Gasteiger partial charge in [-0.05, 0) is 54.7 Å². The molecule has 2 aromatic rings. The van der Waals surface area contributed by atoms with Gasteiger partial charge in [0, 0.05) is 15.5 Å².